The van der Waals surface area contributed by atoms with Gasteiger partial charge in [-0.1, -0.05) is 48.5 Å². The van der Waals surface area contributed by atoms with Crippen LogP contribution in [0.4, 0.5) is 0 Å². The van der Waals surface area contributed by atoms with E-state index in [1.807, 2.05) is 82.5 Å². The molecular formula is C25H24N4O2. The SMILES string of the molecule is O=C1CC2CCC(CN1)N2C(=O)/C=C/c1cn(-c2ccccc2)nc1-c1ccccc1. The topological polar surface area (TPSA) is 67.2 Å². The molecule has 0 aliphatic carbocycles. The van der Waals surface area contributed by atoms with Gasteiger partial charge in [0.25, 0.3) is 0 Å². The van der Waals surface area contributed by atoms with Crippen molar-refractivity contribution in [3.05, 3.63) is 78.5 Å². The van der Waals surface area contributed by atoms with Gasteiger partial charge in [-0.25, -0.2) is 4.68 Å². The number of benzene rings is 2. The molecule has 6 nitrogen and oxygen atoms in total. The Morgan fingerprint density at radius 3 is 2.48 bits per heavy atom. The molecule has 2 saturated heterocycles. The molecule has 156 valence electrons. The van der Waals surface area contributed by atoms with Gasteiger partial charge in [-0.05, 0) is 31.1 Å². The summed E-state index contributed by atoms with van der Waals surface area (Å²) >= 11 is 0. The van der Waals surface area contributed by atoms with E-state index >= 15 is 0 Å². The predicted octanol–water partition coefficient (Wildman–Crippen LogP) is 3.43. The van der Waals surface area contributed by atoms with Crippen molar-refractivity contribution in [2.75, 3.05) is 6.54 Å². The summed E-state index contributed by atoms with van der Waals surface area (Å²) in [6.45, 7) is 0.538. The van der Waals surface area contributed by atoms with E-state index < -0.39 is 0 Å². The second kappa shape index (κ2) is 8.22. The van der Waals surface area contributed by atoms with Crippen molar-refractivity contribution in [3.63, 3.8) is 0 Å². The lowest BCUT2D eigenvalue weighted by Crippen LogP contribution is -2.41. The number of hydrogen-bond donors (Lipinski definition) is 1. The first-order chi connectivity index (χ1) is 15.2. The number of aromatic nitrogens is 2. The Hall–Kier alpha value is -3.67. The summed E-state index contributed by atoms with van der Waals surface area (Å²) in [5, 5.41) is 7.71. The fourth-order valence-corrected chi connectivity index (χ4v) is 4.53. The van der Waals surface area contributed by atoms with E-state index in [1.165, 1.54) is 0 Å². The van der Waals surface area contributed by atoms with Gasteiger partial charge in [0.2, 0.25) is 11.8 Å². The first-order valence-corrected chi connectivity index (χ1v) is 10.7. The van der Waals surface area contributed by atoms with Crippen molar-refractivity contribution in [1.29, 1.82) is 0 Å². The molecule has 2 aromatic carbocycles. The zero-order chi connectivity index (χ0) is 21.2. The lowest BCUT2D eigenvalue weighted by atomic mass is 10.1. The largest absolute Gasteiger partial charge is 0.354 e. The summed E-state index contributed by atoms with van der Waals surface area (Å²) in [7, 11) is 0. The third kappa shape index (κ3) is 3.89. The lowest BCUT2D eigenvalue weighted by molar-refractivity contribution is -0.128. The van der Waals surface area contributed by atoms with Crippen LogP contribution in [0, 0.1) is 0 Å². The highest BCUT2D eigenvalue weighted by Crippen LogP contribution is 2.29. The Balaban J connectivity index is 1.47. The quantitative estimate of drug-likeness (QED) is 0.668. The Morgan fingerprint density at radius 2 is 1.71 bits per heavy atom. The first kappa shape index (κ1) is 19.3. The molecule has 0 radical (unpaired) electrons. The Labute approximate surface area is 181 Å². The summed E-state index contributed by atoms with van der Waals surface area (Å²) in [4.78, 5) is 26.9. The third-order valence-electron chi connectivity index (χ3n) is 6.05. The highest BCUT2D eigenvalue weighted by atomic mass is 16.2. The number of fused-ring (bicyclic) bond motifs is 2. The van der Waals surface area contributed by atoms with Crippen LogP contribution >= 0.6 is 0 Å². The summed E-state index contributed by atoms with van der Waals surface area (Å²) in [5.41, 5.74) is 3.65. The number of hydrogen-bond acceptors (Lipinski definition) is 3. The molecule has 1 aromatic heterocycles. The molecule has 2 unspecified atom stereocenters. The highest BCUT2D eigenvalue weighted by molar-refractivity contribution is 5.94. The molecule has 0 saturated carbocycles. The zero-order valence-corrected chi connectivity index (χ0v) is 17.1. The molecule has 3 aromatic rings. The average Bonchev–Trinajstić information content (AvgIpc) is 3.36. The molecule has 0 spiro atoms. The van der Waals surface area contributed by atoms with Crippen LogP contribution in [0.15, 0.2) is 72.9 Å². The maximum Gasteiger partial charge on any atom is 0.247 e. The van der Waals surface area contributed by atoms with E-state index in [0.717, 1.165) is 35.3 Å². The van der Waals surface area contributed by atoms with Crippen molar-refractivity contribution in [3.8, 4) is 16.9 Å². The van der Waals surface area contributed by atoms with E-state index in [-0.39, 0.29) is 23.9 Å². The minimum absolute atomic E-state index is 0.00899. The maximum absolute atomic E-state index is 13.1. The summed E-state index contributed by atoms with van der Waals surface area (Å²) < 4.78 is 1.84. The van der Waals surface area contributed by atoms with Crippen LogP contribution in [0.25, 0.3) is 23.0 Å². The third-order valence-corrected chi connectivity index (χ3v) is 6.05. The molecule has 2 amide bonds. The van der Waals surface area contributed by atoms with Crippen LogP contribution < -0.4 is 5.32 Å². The van der Waals surface area contributed by atoms with Crippen molar-refractivity contribution in [2.45, 2.75) is 31.3 Å². The molecular weight excluding hydrogens is 388 g/mol. The van der Waals surface area contributed by atoms with Gasteiger partial charge in [0.05, 0.1) is 11.4 Å². The maximum atomic E-state index is 13.1. The van der Waals surface area contributed by atoms with E-state index in [9.17, 15) is 9.59 Å². The fraction of sp³-hybridized carbons (Fsp3) is 0.240. The fourth-order valence-electron chi connectivity index (χ4n) is 4.53. The molecule has 3 heterocycles. The number of nitrogens with zero attached hydrogens (tertiary/aromatic N) is 3. The van der Waals surface area contributed by atoms with Crippen molar-refractivity contribution < 1.29 is 9.59 Å². The molecule has 6 heteroatoms. The van der Waals surface area contributed by atoms with Gasteiger partial charge in [-0.2, -0.15) is 5.10 Å². The van der Waals surface area contributed by atoms with Gasteiger partial charge in [0, 0.05) is 48.4 Å². The first-order valence-electron chi connectivity index (χ1n) is 10.7. The number of para-hydroxylation sites is 1. The minimum Gasteiger partial charge on any atom is -0.354 e. The van der Waals surface area contributed by atoms with Crippen LogP contribution in [0.3, 0.4) is 0 Å². The Bertz CT molecular complexity index is 1120. The molecule has 2 aliphatic rings. The summed E-state index contributed by atoms with van der Waals surface area (Å²) in [5.74, 6) is -0.0139. The normalized spacial score (nSPS) is 20.6. The van der Waals surface area contributed by atoms with E-state index in [0.29, 0.717) is 13.0 Å². The standard InChI is InChI=1S/C25H24N4O2/c30-23-15-21-12-13-22(16-26-23)29(21)24(31)14-11-19-17-28(20-9-5-2-6-10-20)27-25(19)18-7-3-1-4-8-18/h1-11,14,17,21-22H,12-13,15-16H2,(H,26,30)/b14-11+. The predicted molar refractivity (Wildman–Crippen MR) is 119 cm³/mol. The Kier molecular flexibility index (Phi) is 5.12. The van der Waals surface area contributed by atoms with Gasteiger partial charge >= 0.3 is 0 Å². The monoisotopic (exact) mass is 412 g/mol. The number of amides is 2. The van der Waals surface area contributed by atoms with Crippen LogP contribution in [0.1, 0.15) is 24.8 Å². The Morgan fingerprint density at radius 1 is 1.00 bits per heavy atom. The number of rotatable bonds is 4. The number of carbonyl (C=O) groups excluding carboxylic acids is 2. The molecule has 2 aliphatic heterocycles. The van der Waals surface area contributed by atoms with Crippen LogP contribution in [0.5, 0.6) is 0 Å². The van der Waals surface area contributed by atoms with Gasteiger partial charge in [0.1, 0.15) is 0 Å². The molecule has 2 fully saturated rings. The van der Waals surface area contributed by atoms with E-state index in [1.54, 1.807) is 6.08 Å². The second-order valence-corrected chi connectivity index (χ2v) is 8.05. The minimum atomic E-state index is -0.0459. The van der Waals surface area contributed by atoms with Gasteiger partial charge in [0.15, 0.2) is 0 Å². The van der Waals surface area contributed by atoms with Gasteiger partial charge in [-0.3, -0.25) is 9.59 Å². The number of nitrogens with one attached hydrogen (secondary N) is 1. The molecule has 2 bridgehead atoms. The van der Waals surface area contributed by atoms with Gasteiger partial charge in [-0.15, -0.1) is 0 Å². The molecule has 5 rings (SSSR count). The summed E-state index contributed by atoms with van der Waals surface area (Å²) in [6.07, 6.45) is 7.63. The molecule has 31 heavy (non-hydrogen) atoms. The highest BCUT2D eigenvalue weighted by Gasteiger charge is 2.39. The van der Waals surface area contributed by atoms with Crippen LogP contribution in [0.2, 0.25) is 0 Å². The lowest BCUT2D eigenvalue weighted by Gasteiger charge is -2.25. The second-order valence-electron chi connectivity index (χ2n) is 8.05. The molecule has 2 atom stereocenters. The van der Waals surface area contributed by atoms with E-state index in [2.05, 4.69) is 5.32 Å². The van der Waals surface area contributed by atoms with Crippen LogP contribution in [-0.2, 0) is 9.59 Å². The van der Waals surface area contributed by atoms with Crippen molar-refractivity contribution >= 4 is 17.9 Å². The number of carbonyl (C=O) groups is 2. The summed E-state index contributed by atoms with van der Waals surface area (Å²) in [6, 6.07) is 20.0. The zero-order valence-electron chi connectivity index (χ0n) is 17.1. The average molecular weight is 412 g/mol. The van der Waals surface area contributed by atoms with E-state index in [4.69, 9.17) is 5.10 Å². The van der Waals surface area contributed by atoms with Crippen LogP contribution in [-0.4, -0.2) is 45.1 Å². The smallest absolute Gasteiger partial charge is 0.247 e. The van der Waals surface area contributed by atoms with Gasteiger partial charge < -0.3 is 10.2 Å². The van der Waals surface area contributed by atoms with Crippen molar-refractivity contribution in [2.24, 2.45) is 0 Å². The van der Waals surface area contributed by atoms with Crippen molar-refractivity contribution in [1.82, 2.24) is 20.0 Å². The molecule has 1 N–H and O–H groups in total.